The summed E-state index contributed by atoms with van der Waals surface area (Å²) in [6, 6.07) is 6.55. The highest BCUT2D eigenvalue weighted by atomic mass is 32.1. The molecule has 1 unspecified atom stereocenters. The molecule has 1 aromatic heterocycles. The zero-order valence-electron chi connectivity index (χ0n) is 20.2. The van der Waals surface area contributed by atoms with Crippen LogP contribution in [0.2, 0.25) is 0 Å². The molecule has 1 fully saturated rings. The molecular formula is C26H31N3O5S. The minimum Gasteiger partial charge on any atom is -0.503 e. The Morgan fingerprint density at radius 3 is 2.71 bits per heavy atom. The molecule has 2 aromatic rings. The van der Waals surface area contributed by atoms with Crippen molar-refractivity contribution in [3.63, 3.8) is 0 Å². The number of morpholine rings is 1. The van der Waals surface area contributed by atoms with E-state index in [0.717, 1.165) is 24.6 Å². The van der Waals surface area contributed by atoms with Crippen LogP contribution < -0.4 is 4.74 Å². The molecular weight excluding hydrogens is 466 g/mol. The van der Waals surface area contributed by atoms with Gasteiger partial charge in [0.2, 0.25) is 5.78 Å². The Labute approximate surface area is 209 Å². The lowest BCUT2D eigenvalue weighted by Crippen LogP contribution is -2.39. The third-order valence-electron chi connectivity index (χ3n) is 6.21. The molecule has 0 radical (unpaired) electrons. The quantitative estimate of drug-likeness (QED) is 0.396. The smallest absolute Gasteiger partial charge is 0.290 e. The second-order valence-electron chi connectivity index (χ2n) is 8.58. The minimum atomic E-state index is -0.762. The van der Waals surface area contributed by atoms with Crippen molar-refractivity contribution >= 4 is 23.0 Å². The molecule has 1 aromatic carbocycles. The van der Waals surface area contributed by atoms with E-state index in [4.69, 9.17) is 9.47 Å². The average Bonchev–Trinajstić information content (AvgIpc) is 3.33. The van der Waals surface area contributed by atoms with Crippen molar-refractivity contribution in [1.29, 1.82) is 0 Å². The number of hydrogen-bond acceptors (Lipinski definition) is 8. The number of amides is 1. The van der Waals surface area contributed by atoms with E-state index in [9.17, 15) is 14.7 Å². The van der Waals surface area contributed by atoms with Crippen LogP contribution in [0.15, 0.2) is 48.3 Å². The monoisotopic (exact) mass is 497 g/mol. The van der Waals surface area contributed by atoms with E-state index in [0.29, 0.717) is 48.1 Å². The molecule has 1 N–H and O–H groups in total. The maximum atomic E-state index is 13.7. The van der Waals surface area contributed by atoms with Crippen LogP contribution in [0.25, 0.3) is 0 Å². The number of carbonyl (C=O) groups is 2. The molecule has 1 saturated heterocycles. The molecule has 1 atom stereocenters. The van der Waals surface area contributed by atoms with Gasteiger partial charge in [-0.1, -0.05) is 30.9 Å². The predicted octanol–water partition coefficient (Wildman–Crippen LogP) is 3.63. The molecule has 2 aliphatic rings. The summed E-state index contributed by atoms with van der Waals surface area (Å²) in [6.07, 6.45) is 2.34. The van der Waals surface area contributed by atoms with Gasteiger partial charge < -0.3 is 19.5 Å². The largest absolute Gasteiger partial charge is 0.503 e. The fourth-order valence-corrected chi connectivity index (χ4v) is 5.45. The highest BCUT2D eigenvalue weighted by Crippen LogP contribution is 2.43. The molecule has 0 bridgehead atoms. The zero-order valence-corrected chi connectivity index (χ0v) is 21.0. The van der Waals surface area contributed by atoms with Crippen LogP contribution in [-0.2, 0) is 9.53 Å². The molecule has 9 heteroatoms. The van der Waals surface area contributed by atoms with Gasteiger partial charge in [0.25, 0.3) is 5.91 Å². The average molecular weight is 498 g/mol. The number of benzene rings is 1. The highest BCUT2D eigenvalue weighted by Gasteiger charge is 2.45. The van der Waals surface area contributed by atoms with Crippen molar-refractivity contribution in [1.82, 2.24) is 14.8 Å². The van der Waals surface area contributed by atoms with Gasteiger partial charge in [-0.2, -0.15) is 0 Å². The van der Waals surface area contributed by atoms with E-state index in [1.807, 2.05) is 25.1 Å². The molecule has 1 amide bonds. The van der Waals surface area contributed by atoms with Crippen LogP contribution in [0.5, 0.6) is 5.75 Å². The number of thiazole rings is 1. The summed E-state index contributed by atoms with van der Waals surface area (Å²) in [7, 11) is 0. The molecule has 0 aliphatic carbocycles. The van der Waals surface area contributed by atoms with Gasteiger partial charge in [-0.3, -0.25) is 14.5 Å². The number of Topliss-reactive ketones (excluding diaryl/α,β-unsaturated/α-hetero) is 1. The van der Waals surface area contributed by atoms with Gasteiger partial charge in [0, 0.05) is 31.7 Å². The number of carbonyl (C=O) groups excluding carboxylic acids is 2. The Bertz CT molecular complexity index is 1140. The molecule has 2 aliphatic heterocycles. The molecule has 35 heavy (non-hydrogen) atoms. The summed E-state index contributed by atoms with van der Waals surface area (Å²) in [6.45, 7) is 11.9. The third-order valence-corrected chi connectivity index (χ3v) is 7.28. The molecule has 4 rings (SSSR count). The summed E-state index contributed by atoms with van der Waals surface area (Å²) in [5.74, 6) is -0.883. The summed E-state index contributed by atoms with van der Waals surface area (Å²) < 4.78 is 11.3. The van der Waals surface area contributed by atoms with Crippen molar-refractivity contribution in [2.45, 2.75) is 26.3 Å². The molecule has 3 heterocycles. The van der Waals surface area contributed by atoms with Crippen molar-refractivity contribution in [3.8, 4) is 5.75 Å². The van der Waals surface area contributed by atoms with Gasteiger partial charge in [0.15, 0.2) is 5.76 Å². The van der Waals surface area contributed by atoms with Crippen LogP contribution >= 0.6 is 11.3 Å². The lowest BCUT2D eigenvalue weighted by Gasteiger charge is -2.30. The van der Waals surface area contributed by atoms with Crippen LogP contribution in [0.1, 0.15) is 38.4 Å². The molecule has 8 nitrogen and oxygen atoms in total. The third kappa shape index (κ3) is 5.32. The standard InChI is InChI=1S/C26H31N3O5S/c1-4-14-34-20-9-6-5-8-19(20)22-21(23(30)25-17(2)27-18(3)35-25)24(31)26(32)29(22)11-7-10-28-12-15-33-16-13-28/h4-6,8-9,22,31H,1,7,10-16H2,2-3H3. The van der Waals surface area contributed by atoms with Crippen LogP contribution in [0, 0.1) is 13.8 Å². The number of aromatic nitrogens is 1. The first-order valence-electron chi connectivity index (χ1n) is 11.8. The molecule has 186 valence electrons. The van der Waals surface area contributed by atoms with E-state index < -0.39 is 17.7 Å². The van der Waals surface area contributed by atoms with E-state index in [-0.39, 0.29) is 18.0 Å². The summed E-state index contributed by atoms with van der Waals surface area (Å²) in [5.41, 5.74) is 1.31. The predicted molar refractivity (Wildman–Crippen MR) is 134 cm³/mol. The topological polar surface area (TPSA) is 92.2 Å². The maximum absolute atomic E-state index is 13.7. The normalized spacial score (nSPS) is 18.9. The molecule has 0 spiro atoms. The van der Waals surface area contributed by atoms with Crippen molar-refractivity contribution in [3.05, 3.63) is 69.4 Å². The first kappa shape index (κ1) is 25.1. The van der Waals surface area contributed by atoms with E-state index in [1.165, 1.54) is 11.3 Å². The fraction of sp³-hybridized carbons (Fsp3) is 0.423. The Kier molecular flexibility index (Phi) is 8.00. The van der Waals surface area contributed by atoms with Gasteiger partial charge in [-0.25, -0.2) is 4.98 Å². The first-order chi connectivity index (χ1) is 16.9. The van der Waals surface area contributed by atoms with Crippen LogP contribution in [0.4, 0.5) is 0 Å². The number of nitrogens with zero attached hydrogens (tertiary/aromatic N) is 3. The Morgan fingerprint density at radius 1 is 1.29 bits per heavy atom. The van der Waals surface area contributed by atoms with Gasteiger partial charge >= 0.3 is 0 Å². The number of rotatable bonds is 10. The van der Waals surface area contributed by atoms with Crippen LogP contribution in [0.3, 0.4) is 0 Å². The number of hydrogen-bond donors (Lipinski definition) is 1. The Balaban J connectivity index is 1.68. The van der Waals surface area contributed by atoms with Crippen molar-refractivity contribution in [2.75, 3.05) is 46.0 Å². The first-order valence-corrected chi connectivity index (χ1v) is 12.6. The lowest BCUT2D eigenvalue weighted by molar-refractivity contribution is -0.129. The number of ketones is 1. The highest BCUT2D eigenvalue weighted by molar-refractivity contribution is 7.14. The van der Waals surface area contributed by atoms with Crippen molar-refractivity contribution in [2.24, 2.45) is 0 Å². The summed E-state index contributed by atoms with van der Waals surface area (Å²) in [4.78, 5) is 35.7. The second-order valence-corrected chi connectivity index (χ2v) is 9.79. The number of aliphatic hydroxyl groups excluding tert-OH is 1. The fourth-order valence-electron chi connectivity index (χ4n) is 4.58. The number of para-hydroxylation sites is 1. The van der Waals surface area contributed by atoms with Gasteiger partial charge in [0.05, 0.1) is 40.4 Å². The number of aliphatic hydroxyl groups is 1. The van der Waals surface area contributed by atoms with E-state index >= 15 is 0 Å². The Morgan fingerprint density at radius 2 is 2.03 bits per heavy atom. The summed E-state index contributed by atoms with van der Waals surface area (Å²) in [5, 5.41) is 11.7. The zero-order chi connectivity index (χ0) is 24.9. The van der Waals surface area contributed by atoms with Gasteiger partial charge in [0.1, 0.15) is 12.4 Å². The van der Waals surface area contributed by atoms with Crippen LogP contribution in [-0.4, -0.2) is 77.6 Å². The summed E-state index contributed by atoms with van der Waals surface area (Å²) >= 11 is 1.27. The number of ether oxygens (including phenoxy) is 2. The minimum absolute atomic E-state index is 0.0720. The maximum Gasteiger partial charge on any atom is 0.290 e. The van der Waals surface area contributed by atoms with E-state index in [2.05, 4.69) is 16.5 Å². The SMILES string of the molecule is C=CCOc1ccccc1C1C(C(=O)c2sc(C)nc2C)=C(O)C(=O)N1CCCN1CCOCC1. The molecule has 0 saturated carbocycles. The second kappa shape index (κ2) is 11.2. The van der Waals surface area contributed by atoms with E-state index in [1.54, 1.807) is 24.0 Å². The van der Waals surface area contributed by atoms with Gasteiger partial charge in [-0.15, -0.1) is 11.3 Å². The number of aryl methyl sites for hydroxylation is 2. The Hall–Kier alpha value is -3.01. The van der Waals surface area contributed by atoms with Gasteiger partial charge in [-0.05, 0) is 26.3 Å². The van der Waals surface area contributed by atoms with Crippen molar-refractivity contribution < 1.29 is 24.2 Å². The lowest BCUT2D eigenvalue weighted by atomic mass is 9.94.